The van der Waals surface area contributed by atoms with Crippen molar-refractivity contribution in [3.63, 3.8) is 0 Å². The van der Waals surface area contributed by atoms with Crippen LogP contribution >= 0.6 is 11.6 Å². The normalized spacial score (nSPS) is 10.5. The largest absolute Gasteiger partial charge is 0.505 e. The van der Waals surface area contributed by atoms with E-state index in [1.165, 1.54) is 25.1 Å². The number of carbonyl (C=O) groups is 2. The first kappa shape index (κ1) is 17.8. The monoisotopic (exact) mass is 352 g/mol. The minimum Gasteiger partial charge on any atom is -0.505 e. The van der Waals surface area contributed by atoms with Crippen molar-refractivity contribution in [2.75, 3.05) is 6.61 Å². The zero-order valence-corrected chi connectivity index (χ0v) is 13.4. The number of hydrogen-bond donors (Lipinski definition) is 3. The summed E-state index contributed by atoms with van der Waals surface area (Å²) in [5.41, 5.74) is 0.542. The maximum atomic E-state index is 13.1. The molecular weight excluding hydrogens is 339 g/mol. The van der Waals surface area contributed by atoms with E-state index in [4.69, 9.17) is 16.7 Å². The molecule has 0 unspecified atom stereocenters. The van der Waals surface area contributed by atoms with Crippen LogP contribution in [0.25, 0.3) is 0 Å². The van der Waals surface area contributed by atoms with Crippen LogP contribution in [0, 0.1) is 12.7 Å². The smallest absolute Gasteiger partial charge is 0.253 e. The Morgan fingerprint density at radius 3 is 2.71 bits per heavy atom. The van der Waals surface area contributed by atoms with Crippen molar-refractivity contribution in [3.8, 4) is 5.75 Å². The van der Waals surface area contributed by atoms with E-state index < -0.39 is 29.9 Å². The van der Waals surface area contributed by atoms with Crippen molar-refractivity contribution in [2.24, 2.45) is 0 Å². The summed E-state index contributed by atoms with van der Waals surface area (Å²) in [6.45, 7) is 0.752. The molecular formula is C16H14ClFN2O4. The highest BCUT2D eigenvalue weighted by atomic mass is 35.5. The van der Waals surface area contributed by atoms with E-state index in [1.54, 1.807) is 0 Å². The van der Waals surface area contributed by atoms with Crippen molar-refractivity contribution in [2.45, 2.75) is 13.5 Å². The second-order valence-corrected chi connectivity index (χ2v) is 5.41. The van der Waals surface area contributed by atoms with E-state index in [2.05, 4.69) is 10.3 Å². The van der Waals surface area contributed by atoms with Crippen LogP contribution in [0.15, 0.2) is 24.4 Å². The molecule has 0 aliphatic heterocycles. The first-order valence-corrected chi connectivity index (χ1v) is 7.27. The number of amides is 1. The molecule has 0 saturated heterocycles. The molecule has 0 spiro atoms. The molecule has 3 N–H and O–H groups in total. The van der Waals surface area contributed by atoms with E-state index >= 15 is 0 Å². The number of aliphatic hydroxyl groups is 1. The molecule has 1 heterocycles. The van der Waals surface area contributed by atoms with Crippen LogP contribution in [0.1, 0.15) is 32.0 Å². The number of hydrogen-bond acceptors (Lipinski definition) is 5. The summed E-state index contributed by atoms with van der Waals surface area (Å²) in [5.74, 6) is -2.28. The molecule has 0 aliphatic carbocycles. The van der Waals surface area contributed by atoms with E-state index in [0.717, 1.165) is 6.20 Å². The van der Waals surface area contributed by atoms with Gasteiger partial charge in [-0.1, -0.05) is 17.7 Å². The fourth-order valence-electron chi connectivity index (χ4n) is 2.03. The molecule has 2 rings (SSSR count). The molecule has 0 radical (unpaired) electrons. The number of Topliss-reactive ketones (excluding diaryl/α,β-unsaturated/α-hetero) is 1. The van der Waals surface area contributed by atoms with Crippen LogP contribution in [-0.4, -0.2) is 33.5 Å². The number of ketones is 1. The van der Waals surface area contributed by atoms with E-state index in [1.807, 2.05) is 0 Å². The van der Waals surface area contributed by atoms with Gasteiger partial charge in [-0.25, -0.2) is 9.37 Å². The second-order valence-electron chi connectivity index (χ2n) is 5.01. The number of aliphatic hydroxyl groups excluding tert-OH is 1. The van der Waals surface area contributed by atoms with Crippen LogP contribution in [0.4, 0.5) is 4.39 Å². The highest BCUT2D eigenvalue weighted by Gasteiger charge is 2.19. The summed E-state index contributed by atoms with van der Waals surface area (Å²) in [7, 11) is 0. The van der Waals surface area contributed by atoms with Gasteiger partial charge in [-0.05, 0) is 24.6 Å². The van der Waals surface area contributed by atoms with Crippen molar-refractivity contribution < 1.29 is 24.2 Å². The molecule has 0 bridgehead atoms. The van der Waals surface area contributed by atoms with Gasteiger partial charge in [-0.3, -0.25) is 9.59 Å². The third kappa shape index (κ3) is 3.69. The Hall–Kier alpha value is -2.51. The molecule has 126 valence electrons. The Morgan fingerprint density at radius 1 is 1.38 bits per heavy atom. The van der Waals surface area contributed by atoms with Crippen molar-refractivity contribution in [1.29, 1.82) is 0 Å². The van der Waals surface area contributed by atoms with Gasteiger partial charge in [-0.15, -0.1) is 0 Å². The Morgan fingerprint density at radius 2 is 2.08 bits per heavy atom. The number of nitrogens with zero attached hydrogens (tertiary/aromatic N) is 1. The first-order valence-electron chi connectivity index (χ1n) is 6.90. The molecule has 24 heavy (non-hydrogen) atoms. The molecule has 2 aromatic rings. The quantitative estimate of drug-likeness (QED) is 0.715. The molecule has 6 nitrogen and oxygen atoms in total. The maximum Gasteiger partial charge on any atom is 0.253 e. The molecule has 1 aromatic heterocycles. The van der Waals surface area contributed by atoms with Gasteiger partial charge in [0.15, 0.2) is 5.69 Å². The SMILES string of the molecule is Cc1c(C(=O)NCc2ccc(F)c(Cl)c2)cnc(C(=O)CO)c1O. The van der Waals surface area contributed by atoms with Crippen LogP contribution in [0.2, 0.25) is 5.02 Å². The van der Waals surface area contributed by atoms with Crippen molar-refractivity contribution >= 4 is 23.3 Å². The van der Waals surface area contributed by atoms with Gasteiger partial charge in [-0.2, -0.15) is 0 Å². The molecule has 0 aliphatic rings. The van der Waals surface area contributed by atoms with Crippen LogP contribution < -0.4 is 5.32 Å². The minimum atomic E-state index is -0.795. The number of aromatic hydroxyl groups is 1. The predicted octanol–water partition coefficient (Wildman–Crippen LogP) is 1.99. The summed E-state index contributed by atoms with van der Waals surface area (Å²) >= 11 is 5.67. The molecule has 0 atom stereocenters. The van der Waals surface area contributed by atoms with Gasteiger partial charge >= 0.3 is 0 Å². The lowest BCUT2D eigenvalue weighted by molar-refractivity contribution is 0.0892. The summed E-state index contributed by atoms with van der Waals surface area (Å²) in [6.07, 6.45) is 1.14. The third-order valence-corrected chi connectivity index (χ3v) is 3.69. The van der Waals surface area contributed by atoms with E-state index in [9.17, 15) is 19.1 Å². The molecule has 0 saturated carbocycles. The van der Waals surface area contributed by atoms with Gasteiger partial charge in [0.1, 0.15) is 18.2 Å². The summed E-state index contributed by atoms with van der Waals surface area (Å²) < 4.78 is 13.1. The predicted molar refractivity (Wildman–Crippen MR) is 84.6 cm³/mol. The fourth-order valence-corrected chi connectivity index (χ4v) is 2.23. The molecule has 0 fully saturated rings. The number of aromatic nitrogens is 1. The highest BCUT2D eigenvalue weighted by Crippen LogP contribution is 2.23. The number of halogens is 2. The van der Waals surface area contributed by atoms with Gasteiger partial charge in [0.25, 0.3) is 5.91 Å². The highest BCUT2D eigenvalue weighted by molar-refractivity contribution is 6.30. The van der Waals surface area contributed by atoms with Crippen molar-refractivity contribution in [3.05, 3.63) is 57.6 Å². The Kier molecular flexibility index (Phi) is 5.48. The summed E-state index contributed by atoms with van der Waals surface area (Å²) in [5, 5.41) is 21.3. The van der Waals surface area contributed by atoms with Crippen LogP contribution in [0.3, 0.4) is 0 Å². The standard InChI is InChI=1S/C16H14ClFN2O4/c1-8-10(6-19-14(15(8)23)13(22)7-21)16(24)20-5-9-2-3-12(18)11(17)4-9/h2-4,6,21,23H,5,7H2,1H3,(H,20,24). The zero-order valence-electron chi connectivity index (χ0n) is 12.6. The minimum absolute atomic E-state index is 0.0518. The lowest BCUT2D eigenvalue weighted by atomic mass is 10.1. The van der Waals surface area contributed by atoms with Gasteiger partial charge in [0, 0.05) is 18.3 Å². The lowest BCUT2D eigenvalue weighted by Crippen LogP contribution is -2.24. The first-order chi connectivity index (χ1) is 11.3. The number of carbonyl (C=O) groups excluding carboxylic acids is 2. The van der Waals surface area contributed by atoms with Crippen molar-refractivity contribution in [1.82, 2.24) is 10.3 Å². The number of pyridine rings is 1. The Bertz CT molecular complexity index is 811. The van der Waals surface area contributed by atoms with Crippen LogP contribution in [0.5, 0.6) is 5.75 Å². The Balaban J connectivity index is 2.16. The van der Waals surface area contributed by atoms with E-state index in [-0.39, 0.29) is 28.4 Å². The second kappa shape index (κ2) is 7.37. The average Bonchev–Trinajstić information content (AvgIpc) is 2.57. The van der Waals surface area contributed by atoms with Gasteiger partial charge in [0.05, 0.1) is 10.6 Å². The van der Waals surface area contributed by atoms with Gasteiger partial charge < -0.3 is 15.5 Å². The third-order valence-electron chi connectivity index (χ3n) is 3.40. The lowest BCUT2D eigenvalue weighted by Gasteiger charge is -2.11. The topological polar surface area (TPSA) is 99.5 Å². The summed E-state index contributed by atoms with van der Waals surface area (Å²) in [4.78, 5) is 27.3. The molecule has 8 heteroatoms. The van der Waals surface area contributed by atoms with Crippen LogP contribution in [-0.2, 0) is 6.54 Å². The van der Waals surface area contributed by atoms with Gasteiger partial charge in [0.2, 0.25) is 5.78 Å². The number of rotatable bonds is 5. The fraction of sp³-hybridized carbons (Fsp3) is 0.188. The maximum absolute atomic E-state index is 13.1. The zero-order chi connectivity index (χ0) is 17.9. The molecule has 1 amide bonds. The van der Waals surface area contributed by atoms with E-state index in [0.29, 0.717) is 5.56 Å². The summed E-state index contributed by atoms with van der Waals surface area (Å²) in [6, 6.07) is 4.06. The number of nitrogens with one attached hydrogen (secondary N) is 1. The number of benzene rings is 1. The molecule has 1 aromatic carbocycles. The Labute approximate surface area is 141 Å². The average molecular weight is 353 g/mol.